The Bertz CT molecular complexity index is 892. The molecule has 1 heterocycles. The maximum absolute atomic E-state index is 12.6. The summed E-state index contributed by atoms with van der Waals surface area (Å²) in [5, 5.41) is 3.52. The molecular weight excluding hydrogens is 372 g/mol. The summed E-state index contributed by atoms with van der Waals surface area (Å²) in [5.74, 6) is -0.303. The summed E-state index contributed by atoms with van der Waals surface area (Å²) in [7, 11) is -3.50. The Hall–Kier alpha value is -1.89. The monoisotopic (exact) mass is 392 g/mol. The molecule has 1 aliphatic rings. The van der Waals surface area contributed by atoms with Crippen LogP contribution in [-0.4, -0.2) is 31.7 Å². The van der Waals surface area contributed by atoms with Crippen LogP contribution >= 0.6 is 11.6 Å². The molecule has 1 N–H and O–H groups in total. The average molecular weight is 393 g/mol. The van der Waals surface area contributed by atoms with Gasteiger partial charge in [-0.05, 0) is 49.6 Å². The first-order valence-electron chi connectivity index (χ1n) is 8.51. The van der Waals surface area contributed by atoms with Crippen molar-refractivity contribution >= 4 is 33.2 Å². The lowest BCUT2D eigenvalue weighted by Crippen LogP contribution is -2.41. The average Bonchev–Trinajstić information content (AvgIpc) is 2.66. The Morgan fingerprint density at radius 2 is 1.73 bits per heavy atom. The molecule has 0 aromatic heterocycles. The van der Waals surface area contributed by atoms with Crippen LogP contribution in [0, 0.1) is 12.8 Å². The van der Waals surface area contributed by atoms with Crippen molar-refractivity contribution in [3.8, 4) is 0 Å². The molecule has 0 atom stereocenters. The molecule has 1 saturated heterocycles. The Labute approximate surface area is 159 Å². The van der Waals surface area contributed by atoms with Gasteiger partial charge in [0.05, 0.1) is 4.90 Å². The van der Waals surface area contributed by atoms with E-state index in [1.54, 1.807) is 42.5 Å². The van der Waals surface area contributed by atoms with Crippen molar-refractivity contribution in [2.24, 2.45) is 5.92 Å². The summed E-state index contributed by atoms with van der Waals surface area (Å²) in [6, 6.07) is 13.8. The quantitative estimate of drug-likeness (QED) is 0.862. The van der Waals surface area contributed by atoms with E-state index in [0.29, 0.717) is 36.6 Å². The molecule has 0 spiro atoms. The molecule has 2 aromatic rings. The van der Waals surface area contributed by atoms with Crippen molar-refractivity contribution in [1.82, 2.24) is 4.31 Å². The molecule has 5 nitrogen and oxygen atoms in total. The third kappa shape index (κ3) is 3.92. The van der Waals surface area contributed by atoms with Gasteiger partial charge in [0, 0.05) is 29.7 Å². The van der Waals surface area contributed by atoms with Crippen molar-refractivity contribution < 1.29 is 13.2 Å². The minimum absolute atomic E-state index is 0.0906. The maximum atomic E-state index is 12.6. The van der Waals surface area contributed by atoms with E-state index in [1.165, 1.54) is 4.31 Å². The second kappa shape index (κ2) is 7.78. The van der Waals surface area contributed by atoms with E-state index >= 15 is 0 Å². The molecule has 0 aliphatic carbocycles. The highest BCUT2D eigenvalue weighted by Crippen LogP contribution is 2.27. The van der Waals surface area contributed by atoms with Gasteiger partial charge in [-0.15, -0.1) is 0 Å². The number of nitrogens with zero attached hydrogens (tertiary/aromatic N) is 1. The second-order valence-electron chi connectivity index (χ2n) is 6.39. The zero-order chi connectivity index (χ0) is 18.7. The lowest BCUT2D eigenvalue weighted by Gasteiger charge is -2.30. The highest BCUT2D eigenvalue weighted by Gasteiger charge is 2.32. The van der Waals surface area contributed by atoms with Gasteiger partial charge in [-0.1, -0.05) is 35.9 Å². The number of sulfonamides is 1. The van der Waals surface area contributed by atoms with Crippen LogP contribution in [0.4, 0.5) is 5.69 Å². The molecule has 0 saturated carbocycles. The highest BCUT2D eigenvalue weighted by molar-refractivity contribution is 7.89. The predicted octanol–water partition coefficient (Wildman–Crippen LogP) is 3.69. The predicted molar refractivity (Wildman–Crippen MR) is 103 cm³/mol. The second-order valence-corrected chi connectivity index (χ2v) is 8.74. The van der Waals surface area contributed by atoms with Crippen LogP contribution in [0.25, 0.3) is 0 Å². The van der Waals surface area contributed by atoms with Gasteiger partial charge < -0.3 is 5.32 Å². The van der Waals surface area contributed by atoms with Crippen molar-refractivity contribution in [2.75, 3.05) is 18.4 Å². The molecule has 0 radical (unpaired) electrons. The number of nitrogens with one attached hydrogen (secondary N) is 1. The fourth-order valence-electron chi connectivity index (χ4n) is 3.08. The van der Waals surface area contributed by atoms with Crippen molar-refractivity contribution in [1.29, 1.82) is 0 Å². The molecule has 0 bridgehead atoms. The molecule has 26 heavy (non-hydrogen) atoms. The zero-order valence-corrected chi connectivity index (χ0v) is 16.1. The van der Waals surface area contributed by atoms with Crippen LogP contribution in [0.15, 0.2) is 53.4 Å². The Balaban J connectivity index is 1.63. The molecule has 1 amide bonds. The van der Waals surface area contributed by atoms with Crippen LogP contribution < -0.4 is 5.32 Å². The topological polar surface area (TPSA) is 66.5 Å². The molecule has 0 unspecified atom stereocenters. The number of rotatable bonds is 4. The minimum Gasteiger partial charge on any atom is -0.326 e. The van der Waals surface area contributed by atoms with Gasteiger partial charge >= 0.3 is 0 Å². The van der Waals surface area contributed by atoms with Crippen molar-refractivity contribution in [2.45, 2.75) is 24.7 Å². The summed E-state index contributed by atoms with van der Waals surface area (Å²) < 4.78 is 26.8. The number of piperidine rings is 1. The lowest BCUT2D eigenvalue weighted by molar-refractivity contribution is -0.120. The van der Waals surface area contributed by atoms with Crippen LogP contribution in [-0.2, 0) is 14.8 Å². The summed E-state index contributed by atoms with van der Waals surface area (Å²) in [5.41, 5.74) is 1.52. The van der Waals surface area contributed by atoms with Gasteiger partial charge in [0.2, 0.25) is 15.9 Å². The smallest absolute Gasteiger partial charge is 0.243 e. The minimum atomic E-state index is -3.50. The van der Waals surface area contributed by atoms with E-state index in [1.807, 2.05) is 13.0 Å². The Kier molecular flexibility index (Phi) is 5.65. The van der Waals surface area contributed by atoms with E-state index in [9.17, 15) is 13.2 Å². The summed E-state index contributed by atoms with van der Waals surface area (Å²) in [6.07, 6.45) is 0.995. The fraction of sp³-hybridized carbons (Fsp3) is 0.316. The molecule has 7 heteroatoms. The Morgan fingerprint density at radius 3 is 2.38 bits per heavy atom. The molecule has 138 valence electrons. The number of amides is 1. The van der Waals surface area contributed by atoms with Gasteiger partial charge in [-0.2, -0.15) is 4.31 Å². The van der Waals surface area contributed by atoms with Crippen LogP contribution in [0.5, 0.6) is 0 Å². The molecule has 1 fully saturated rings. The summed E-state index contributed by atoms with van der Waals surface area (Å²) in [6.45, 7) is 2.53. The first kappa shape index (κ1) is 18.9. The third-order valence-electron chi connectivity index (χ3n) is 4.73. The van der Waals surface area contributed by atoms with Crippen molar-refractivity contribution in [3.05, 3.63) is 59.1 Å². The lowest BCUT2D eigenvalue weighted by atomic mass is 9.97. The Morgan fingerprint density at radius 1 is 1.08 bits per heavy atom. The normalized spacial score (nSPS) is 16.4. The van der Waals surface area contributed by atoms with Gasteiger partial charge in [0.15, 0.2) is 0 Å². The molecule has 3 rings (SSSR count). The zero-order valence-electron chi connectivity index (χ0n) is 14.5. The highest BCUT2D eigenvalue weighted by atomic mass is 35.5. The van der Waals surface area contributed by atoms with Gasteiger partial charge in [-0.25, -0.2) is 8.42 Å². The van der Waals surface area contributed by atoms with E-state index in [0.717, 1.165) is 5.56 Å². The standard InChI is InChI=1S/C19H21ClN2O3S/c1-14-17(20)8-5-9-18(14)21-19(23)15-10-12-22(13-11-15)26(24,25)16-6-3-2-4-7-16/h2-9,15H,10-13H2,1H3,(H,21,23). The summed E-state index contributed by atoms with van der Waals surface area (Å²) >= 11 is 6.09. The first-order valence-corrected chi connectivity index (χ1v) is 10.3. The maximum Gasteiger partial charge on any atom is 0.243 e. The van der Waals surface area contributed by atoms with E-state index < -0.39 is 10.0 Å². The summed E-state index contributed by atoms with van der Waals surface area (Å²) in [4.78, 5) is 12.8. The number of benzene rings is 2. The number of carbonyl (C=O) groups excluding carboxylic acids is 1. The molecule has 2 aromatic carbocycles. The van der Waals surface area contributed by atoms with Crippen molar-refractivity contribution in [3.63, 3.8) is 0 Å². The van der Waals surface area contributed by atoms with E-state index in [4.69, 9.17) is 11.6 Å². The van der Waals surface area contributed by atoms with Crippen LogP contribution in [0.1, 0.15) is 18.4 Å². The third-order valence-corrected chi connectivity index (χ3v) is 7.05. The van der Waals surface area contributed by atoms with E-state index in [2.05, 4.69) is 5.32 Å². The number of anilines is 1. The molecule has 1 aliphatic heterocycles. The van der Waals surface area contributed by atoms with Crippen LogP contribution in [0.3, 0.4) is 0 Å². The van der Waals surface area contributed by atoms with Gasteiger partial charge in [0.1, 0.15) is 0 Å². The largest absolute Gasteiger partial charge is 0.326 e. The number of carbonyl (C=O) groups is 1. The van der Waals surface area contributed by atoms with Crippen LogP contribution in [0.2, 0.25) is 5.02 Å². The fourth-order valence-corrected chi connectivity index (χ4v) is 4.74. The van der Waals surface area contributed by atoms with Gasteiger partial charge in [0.25, 0.3) is 0 Å². The number of hydrogen-bond donors (Lipinski definition) is 1. The van der Waals surface area contributed by atoms with E-state index in [-0.39, 0.29) is 16.7 Å². The molecular formula is C19H21ClN2O3S. The number of hydrogen-bond acceptors (Lipinski definition) is 3. The SMILES string of the molecule is Cc1c(Cl)cccc1NC(=O)C1CCN(S(=O)(=O)c2ccccc2)CC1. The first-order chi connectivity index (χ1) is 12.4. The van der Waals surface area contributed by atoms with Gasteiger partial charge in [-0.3, -0.25) is 4.79 Å². The number of halogens is 1.